The lowest BCUT2D eigenvalue weighted by Gasteiger charge is -2.16. The molecule has 0 bridgehead atoms. The fourth-order valence-corrected chi connectivity index (χ4v) is 6.58. The molecule has 0 saturated heterocycles. The summed E-state index contributed by atoms with van der Waals surface area (Å²) in [5.41, 5.74) is 0. The minimum atomic E-state index is -0.426. The Balaban J connectivity index is 3.74. The summed E-state index contributed by atoms with van der Waals surface area (Å²) < 4.78 is 0. The third-order valence-corrected chi connectivity index (χ3v) is 7.32. The molecule has 0 fully saturated rings. The molecule has 0 unspecified atom stereocenters. The van der Waals surface area contributed by atoms with Gasteiger partial charge in [0.2, 0.25) is 0 Å². The van der Waals surface area contributed by atoms with Gasteiger partial charge in [-0.2, -0.15) is 0 Å². The Morgan fingerprint density at radius 1 is 1.00 bits per heavy atom. The lowest BCUT2D eigenvalue weighted by molar-refractivity contribution is 0.680. The molecule has 0 radical (unpaired) electrons. The minimum absolute atomic E-state index is 0.426. The van der Waals surface area contributed by atoms with Gasteiger partial charge in [-0.05, 0) is 6.42 Å². The van der Waals surface area contributed by atoms with E-state index in [0.717, 1.165) is 11.8 Å². The Bertz CT molecular complexity index is 139. The zero-order chi connectivity index (χ0) is 11.7. The van der Waals surface area contributed by atoms with Crippen LogP contribution < -0.4 is 0 Å². The minimum Gasteiger partial charge on any atom is -0.103 e. The van der Waals surface area contributed by atoms with Gasteiger partial charge in [0.25, 0.3) is 14.1 Å². The molecule has 0 aromatic carbocycles. The second kappa shape index (κ2) is 9.50. The molecule has 0 rings (SSSR count). The highest BCUT2D eigenvalue weighted by Crippen LogP contribution is 2.20. The van der Waals surface area contributed by atoms with Gasteiger partial charge in [-0.15, -0.1) is 6.58 Å². The molecule has 0 saturated carbocycles. The van der Waals surface area contributed by atoms with E-state index in [1.165, 1.54) is 19.3 Å². The lowest BCUT2D eigenvalue weighted by atomic mass is 10.2. The van der Waals surface area contributed by atoms with Crippen LogP contribution in [0.15, 0.2) is 12.7 Å². The molecule has 0 nitrogen and oxygen atoms in total. The molecule has 0 atom stereocenters. The van der Waals surface area contributed by atoms with E-state index < -0.39 is 14.1 Å². The van der Waals surface area contributed by atoms with Gasteiger partial charge >= 0.3 is 0 Å². The van der Waals surface area contributed by atoms with Crippen LogP contribution in [0.4, 0.5) is 0 Å². The summed E-state index contributed by atoms with van der Waals surface area (Å²) in [5.74, 6) is 1.83. The largest absolute Gasteiger partial charge is 0.262 e. The molecular formula is C14H29Al. The number of hydrogen-bond acceptors (Lipinski definition) is 0. The van der Waals surface area contributed by atoms with Crippen LogP contribution in [0.5, 0.6) is 0 Å². The van der Waals surface area contributed by atoms with E-state index in [0.29, 0.717) is 0 Å². The number of unbranched alkanes of at least 4 members (excludes halogenated alkanes) is 2. The Hall–Kier alpha value is 0.272. The summed E-state index contributed by atoms with van der Waals surface area (Å²) >= 11 is -0.426. The van der Waals surface area contributed by atoms with Crippen molar-refractivity contribution in [2.75, 3.05) is 0 Å². The fraction of sp³-hybridized carbons (Fsp3) is 0.857. The van der Waals surface area contributed by atoms with Gasteiger partial charge in [-0.3, -0.25) is 0 Å². The molecule has 0 aromatic rings. The molecule has 0 amide bonds. The highest BCUT2D eigenvalue weighted by molar-refractivity contribution is 6.58. The third kappa shape index (κ3) is 10.6. The van der Waals surface area contributed by atoms with Crippen LogP contribution in [0.1, 0.15) is 47.0 Å². The average Bonchev–Trinajstić information content (AvgIpc) is 2.10. The Kier molecular flexibility index (Phi) is 9.67. The van der Waals surface area contributed by atoms with Crippen LogP contribution in [-0.4, -0.2) is 14.1 Å². The Morgan fingerprint density at radius 2 is 1.53 bits per heavy atom. The van der Waals surface area contributed by atoms with Crippen molar-refractivity contribution in [3.05, 3.63) is 12.7 Å². The number of hydrogen-bond donors (Lipinski definition) is 0. The van der Waals surface area contributed by atoms with Crippen molar-refractivity contribution in [1.29, 1.82) is 0 Å². The summed E-state index contributed by atoms with van der Waals surface area (Å²) in [7, 11) is 0. The van der Waals surface area contributed by atoms with Gasteiger partial charge < -0.3 is 0 Å². The normalized spacial score (nSPS) is 11.1. The van der Waals surface area contributed by atoms with Crippen molar-refractivity contribution in [3.63, 3.8) is 0 Å². The van der Waals surface area contributed by atoms with E-state index in [1.807, 2.05) is 0 Å². The molecule has 1 heteroatoms. The van der Waals surface area contributed by atoms with Crippen LogP contribution in [0.2, 0.25) is 15.8 Å². The first-order valence-corrected chi connectivity index (χ1v) is 9.12. The first-order valence-electron chi connectivity index (χ1n) is 6.67. The summed E-state index contributed by atoms with van der Waals surface area (Å²) in [6.07, 6.45) is 6.08. The zero-order valence-electron chi connectivity index (χ0n) is 11.3. The van der Waals surface area contributed by atoms with Gasteiger partial charge in [-0.1, -0.05) is 74.3 Å². The summed E-state index contributed by atoms with van der Waals surface area (Å²) in [6.45, 7) is 13.3. The number of allylic oxidation sites excluding steroid dienone is 1. The van der Waals surface area contributed by atoms with Crippen molar-refractivity contribution >= 4 is 14.1 Å². The molecule has 0 aliphatic heterocycles. The maximum absolute atomic E-state index is 3.79. The molecule has 0 aromatic heterocycles. The second-order valence-corrected chi connectivity index (χ2v) is 8.95. The van der Waals surface area contributed by atoms with Gasteiger partial charge in [0, 0.05) is 0 Å². The van der Waals surface area contributed by atoms with Crippen LogP contribution in [0.3, 0.4) is 0 Å². The van der Waals surface area contributed by atoms with Crippen molar-refractivity contribution in [2.45, 2.75) is 62.8 Å². The predicted molar refractivity (Wildman–Crippen MR) is 73.9 cm³/mol. The van der Waals surface area contributed by atoms with Crippen molar-refractivity contribution in [2.24, 2.45) is 11.8 Å². The molecule has 0 aliphatic carbocycles. The summed E-state index contributed by atoms with van der Waals surface area (Å²) in [6, 6.07) is 0. The second-order valence-electron chi connectivity index (χ2n) is 5.70. The summed E-state index contributed by atoms with van der Waals surface area (Å²) in [4.78, 5) is 0. The van der Waals surface area contributed by atoms with Crippen molar-refractivity contribution < 1.29 is 0 Å². The standard InChI is InChI=1S/C6H11.2C4H9.Al/c1-3-5-6-4-2;2*1-4(2)3;/h3H,1-2,4-6H2;2*4H,1H2,2-3H3;. The maximum atomic E-state index is 3.79. The van der Waals surface area contributed by atoms with Crippen molar-refractivity contribution in [1.82, 2.24) is 0 Å². The quantitative estimate of drug-likeness (QED) is 0.289. The molecule has 0 spiro atoms. The zero-order valence-corrected chi connectivity index (χ0v) is 12.4. The van der Waals surface area contributed by atoms with Crippen LogP contribution in [0, 0.1) is 11.8 Å². The SMILES string of the molecule is C=CCCC[CH2][Al]([CH2]C(C)C)[CH2]C(C)C. The van der Waals surface area contributed by atoms with Crippen LogP contribution >= 0.6 is 0 Å². The first-order chi connectivity index (χ1) is 7.06. The van der Waals surface area contributed by atoms with E-state index in [4.69, 9.17) is 0 Å². The first kappa shape index (κ1) is 15.3. The van der Waals surface area contributed by atoms with Crippen LogP contribution in [0.25, 0.3) is 0 Å². The molecule has 0 N–H and O–H groups in total. The smallest absolute Gasteiger partial charge is 0.103 e. The molecule has 15 heavy (non-hydrogen) atoms. The van der Waals surface area contributed by atoms with Gasteiger partial charge in [0.1, 0.15) is 0 Å². The third-order valence-electron chi connectivity index (χ3n) is 2.88. The van der Waals surface area contributed by atoms with Gasteiger partial charge in [-0.25, -0.2) is 0 Å². The Morgan fingerprint density at radius 3 is 1.93 bits per heavy atom. The van der Waals surface area contributed by atoms with E-state index in [9.17, 15) is 0 Å². The van der Waals surface area contributed by atoms with Crippen molar-refractivity contribution in [3.8, 4) is 0 Å². The lowest BCUT2D eigenvalue weighted by Crippen LogP contribution is -2.17. The van der Waals surface area contributed by atoms with E-state index >= 15 is 0 Å². The topological polar surface area (TPSA) is 0 Å². The maximum Gasteiger partial charge on any atom is 0.262 e. The molecule has 88 valence electrons. The highest BCUT2D eigenvalue weighted by Gasteiger charge is 2.18. The summed E-state index contributed by atoms with van der Waals surface area (Å²) in [5, 5.41) is 4.66. The Labute approximate surface area is 102 Å². The predicted octanol–water partition coefficient (Wildman–Crippen LogP) is 5.15. The van der Waals surface area contributed by atoms with E-state index in [2.05, 4.69) is 40.3 Å². The molecule has 0 heterocycles. The van der Waals surface area contributed by atoms with Crippen LogP contribution in [-0.2, 0) is 0 Å². The monoisotopic (exact) mass is 224 g/mol. The fourth-order valence-electron chi connectivity index (χ4n) is 2.39. The van der Waals surface area contributed by atoms with Gasteiger partial charge in [0.05, 0.1) is 0 Å². The van der Waals surface area contributed by atoms with Gasteiger partial charge in [0.15, 0.2) is 0 Å². The molecule has 0 aliphatic rings. The van der Waals surface area contributed by atoms with E-state index in [-0.39, 0.29) is 0 Å². The molecular weight excluding hydrogens is 195 g/mol. The number of rotatable bonds is 9. The van der Waals surface area contributed by atoms with E-state index in [1.54, 1.807) is 15.8 Å². The average molecular weight is 224 g/mol. The highest BCUT2D eigenvalue weighted by atomic mass is 27.2.